The van der Waals surface area contributed by atoms with Gasteiger partial charge in [-0.25, -0.2) is 0 Å². The van der Waals surface area contributed by atoms with E-state index in [1.165, 1.54) is 7.11 Å². The van der Waals surface area contributed by atoms with Gasteiger partial charge in [0.2, 0.25) is 0 Å². The summed E-state index contributed by atoms with van der Waals surface area (Å²) in [6.45, 7) is 7.86. The van der Waals surface area contributed by atoms with E-state index in [0.29, 0.717) is 81.8 Å². The average Bonchev–Trinajstić information content (AvgIpc) is 3.90. The minimum atomic E-state index is -2.19. The molecule has 5 aliphatic heterocycles. The molecule has 10 atom stereocenters. The first kappa shape index (κ1) is 40.8. The average molecular weight is 828 g/mol. The third kappa shape index (κ3) is 5.46. The Bertz CT molecular complexity index is 2200. The molecule has 12 nitrogen and oxygen atoms in total. The summed E-state index contributed by atoms with van der Waals surface area (Å²) < 4.78 is 12.3. The minimum Gasteiger partial charge on any atom is -0.496 e. The second-order valence-corrected chi connectivity index (χ2v) is 19.4. The fraction of sp³-hybridized carbons (Fsp3) is 0.609. The molecule has 1 aliphatic carbocycles. The van der Waals surface area contributed by atoms with Crippen LogP contribution in [-0.4, -0.2) is 144 Å². The molecule has 3 fully saturated rings. The lowest BCUT2D eigenvalue weighted by Gasteiger charge is -2.63. The van der Waals surface area contributed by atoms with Crippen LogP contribution >= 0.6 is 11.8 Å². The molecule has 59 heavy (non-hydrogen) atoms. The van der Waals surface area contributed by atoms with Gasteiger partial charge in [0.05, 0.1) is 25.9 Å². The van der Waals surface area contributed by atoms with Crippen LogP contribution in [0.1, 0.15) is 68.3 Å². The first-order valence-corrected chi connectivity index (χ1v) is 22.9. The number of carbonyl (C=O) groups excluding carboxylic acids is 2. The molecule has 318 valence electrons. The number of aromatic nitrogens is 1. The number of benzene rings is 2. The molecule has 6 aliphatic rings. The highest BCUT2D eigenvalue weighted by Gasteiger charge is 2.78. The van der Waals surface area contributed by atoms with Crippen LogP contribution < -0.4 is 15.0 Å². The summed E-state index contributed by atoms with van der Waals surface area (Å²) in [6.07, 6.45) is 8.02. The van der Waals surface area contributed by atoms with E-state index in [4.69, 9.17) is 9.47 Å². The molecule has 1 aromatic heterocycles. The van der Waals surface area contributed by atoms with Crippen LogP contribution in [0.4, 0.5) is 5.69 Å². The molecule has 9 rings (SSSR count). The summed E-state index contributed by atoms with van der Waals surface area (Å²) in [5.41, 5.74) is -1.13. The number of nitrogens with one attached hydrogen (secondary N) is 2. The Morgan fingerprint density at radius 2 is 1.85 bits per heavy atom. The maximum Gasteiger partial charge on any atom is 0.322 e. The van der Waals surface area contributed by atoms with Crippen LogP contribution in [0, 0.1) is 11.3 Å². The SMILES string of the molecule is CC[C@]1(O)C[C@H]2CN(CCc3c([nH]c4ccccc34)[C@@](C(=O)OC)(c3cc4c(cc3OC)N(C)[C@H]3[C@@](O)(C(=O)NCCSC)[C@H](O)[C@]5(CC)C=CCN6CC[C@]43[C@@H]65)C2)C1. The van der Waals surface area contributed by atoms with Crippen LogP contribution in [-0.2, 0) is 31.6 Å². The number of hydrogen-bond donors (Lipinski definition) is 5. The zero-order valence-corrected chi connectivity index (χ0v) is 36.2. The summed E-state index contributed by atoms with van der Waals surface area (Å²) in [5, 5.41) is 42.0. The number of esters is 1. The predicted octanol–water partition coefficient (Wildman–Crippen LogP) is 3.73. The van der Waals surface area contributed by atoms with Crippen LogP contribution in [0.3, 0.4) is 0 Å². The van der Waals surface area contributed by atoms with Gasteiger partial charge in [0.15, 0.2) is 5.60 Å². The molecular weight excluding hydrogens is 767 g/mol. The molecule has 3 aromatic rings. The number of piperidine rings is 1. The molecule has 1 amide bonds. The lowest BCUT2D eigenvalue weighted by Crippen LogP contribution is -2.81. The second-order valence-electron chi connectivity index (χ2n) is 18.4. The number of amides is 1. The number of fused-ring (bicyclic) bond motifs is 6. The first-order valence-electron chi connectivity index (χ1n) is 21.5. The third-order valence-corrected chi connectivity index (χ3v) is 16.4. The summed E-state index contributed by atoms with van der Waals surface area (Å²) in [4.78, 5) is 40.5. The number of likely N-dealkylation sites (N-methyl/N-ethyl adjacent to an activating group) is 1. The summed E-state index contributed by atoms with van der Waals surface area (Å²) in [5.74, 6) is 0.0960. The molecule has 1 unspecified atom stereocenters. The number of methoxy groups -OCH3 is 2. The number of hydrogen-bond acceptors (Lipinski definition) is 11. The Morgan fingerprint density at radius 3 is 2.58 bits per heavy atom. The Morgan fingerprint density at radius 1 is 1.05 bits per heavy atom. The fourth-order valence-corrected chi connectivity index (χ4v) is 13.7. The number of thioether (sulfide) groups is 1. The Hall–Kier alpha value is -3.59. The number of rotatable bonds is 9. The number of aliphatic hydroxyl groups is 3. The van der Waals surface area contributed by atoms with Crippen LogP contribution in [0.5, 0.6) is 5.75 Å². The van der Waals surface area contributed by atoms with Gasteiger partial charge in [0, 0.05) is 96.3 Å². The van der Waals surface area contributed by atoms with Gasteiger partial charge in [0.25, 0.3) is 5.91 Å². The fourth-order valence-electron chi connectivity index (χ4n) is 13.4. The van der Waals surface area contributed by atoms with E-state index in [1.54, 1.807) is 18.9 Å². The highest BCUT2D eigenvalue weighted by Crippen LogP contribution is 2.67. The van der Waals surface area contributed by atoms with E-state index < -0.39 is 51.5 Å². The van der Waals surface area contributed by atoms with Crippen molar-refractivity contribution in [1.82, 2.24) is 20.1 Å². The Balaban J connectivity index is 1.34. The highest BCUT2D eigenvalue weighted by atomic mass is 32.2. The number of aromatic amines is 1. The highest BCUT2D eigenvalue weighted by molar-refractivity contribution is 7.98. The van der Waals surface area contributed by atoms with Crippen molar-refractivity contribution in [3.05, 3.63) is 70.9 Å². The van der Waals surface area contributed by atoms with Gasteiger partial charge in [0.1, 0.15) is 17.3 Å². The van der Waals surface area contributed by atoms with Crippen molar-refractivity contribution in [2.45, 2.75) is 92.6 Å². The van der Waals surface area contributed by atoms with E-state index in [0.717, 1.165) is 46.5 Å². The monoisotopic (exact) mass is 827 g/mol. The van der Waals surface area contributed by atoms with E-state index in [2.05, 4.69) is 50.5 Å². The van der Waals surface area contributed by atoms with Crippen LogP contribution in [0.15, 0.2) is 48.6 Å². The van der Waals surface area contributed by atoms with E-state index in [1.807, 2.05) is 50.2 Å². The molecule has 0 radical (unpaired) electrons. The number of para-hydroxylation sites is 1. The molecule has 1 saturated carbocycles. The predicted molar refractivity (Wildman–Crippen MR) is 230 cm³/mol. The van der Waals surface area contributed by atoms with Gasteiger partial charge in [-0.2, -0.15) is 11.8 Å². The quantitative estimate of drug-likeness (QED) is 0.122. The second kappa shape index (κ2) is 14.5. The van der Waals surface area contributed by atoms with Gasteiger partial charge in [-0.15, -0.1) is 0 Å². The molecule has 2 saturated heterocycles. The molecule has 2 bridgehead atoms. The van der Waals surface area contributed by atoms with Crippen LogP contribution in [0.2, 0.25) is 0 Å². The van der Waals surface area contributed by atoms with Crippen molar-refractivity contribution in [3.8, 4) is 5.75 Å². The van der Waals surface area contributed by atoms with Gasteiger partial charge in [-0.3, -0.25) is 19.4 Å². The number of anilines is 1. The molecule has 6 heterocycles. The lowest BCUT2D eigenvalue weighted by molar-refractivity contribution is -0.203. The number of H-pyrrole nitrogens is 1. The van der Waals surface area contributed by atoms with E-state index in [-0.39, 0.29) is 12.0 Å². The van der Waals surface area contributed by atoms with Crippen molar-refractivity contribution >= 4 is 40.2 Å². The van der Waals surface area contributed by atoms with Crippen molar-refractivity contribution in [2.24, 2.45) is 11.3 Å². The van der Waals surface area contributed by atoms with E-state index >= 15 is 4.79 Å². The molecule has 1 spiro atoms. The Kier molecular flexibility index (Phi) is 10.0. The molecule has 5 N–H and O–H groups in total. The van der Waals surface area contributed by atoms with Crippen molar-refractivity contribution < 1.29 is 34.4 Å². The number of carbonyl (C=O) groups is 2. The largest absolute Gasteiger partial charge is 0.496 e. The smallest absolute Gasteiger partial charge is 0.322 e. The standard InChI is InChI=1S/C46H61N5O7S/c1-7-42(55)24-28-25-45(41(54)58-5,36-30(14-19-50(26-28)27-42)29-12-9-10-13-33(29)48-36)32-22-31-34(23-35(32)57-4)49(3)38-44(31)16-20-51-18-11-15-43(8-2,37(44)51)39(52)46(38,56)40(53)47-17-21-59-6/h9-13,15,22-23,28,37-39,48,52,55-56H,7-8,14,16-21,24-27H2,1-6H3,(H,47,53)/t28-,37+,38-,39-,42+,43-,44-,45+,46+/m1/s1. The number of ether oxygens (including phenoxy) is 2. The zero-order chi connectivity index (χ0) is 41.7. The Labute approximate surface area is 351 Å². The third-order valence-electron chi connectivity index (χ3n) is 15.8. The zero-order valence-electron chi connectivity index (χ0n) is 35.3. The van der Waals surface area contributed by atoms with Crippen molar-refractivity contribution in [3.63, 3.8) is 0 Å². The van der Waals surface area contributed by atoms with Crippen molar-refractivity contribution in [2.75, 3.05) is 77.4 Å². The topological polar surface area (TPSA) is 151 Å². The first-order chi connectivity index (χ1) is 28.3. The lowest BCUT2D eigenvalue weighted by atomic mass is 9.47. The molecule has 13 heteroatoms. The van der Waals surface area contributed by atoms with Gasteiger partial charge in [-0.05, 0) is 80.5 Å². The maximum absolute atomic E-state index is 15.3. The van der Waals surface area contributed by atoms with Gasteiger partial charge < -0.3 is 40.0 Å². The minimum absolute atomic E-state index is 0.0743. The number of nitrogens with zero attached hydrogens (tertiary/aromatic N) is 3. The molecule has 2 aromatic carbocycles. The van der Waals surface area contributed by atoms with Gasteiger partial charge >= 0.3 is 5.97 Å². The molecular formula is C46H61N5O7S. The summed E-state index contributed by atoms with van der Waals surface area (Å²) in [7, 11) is 4.99. The van der Waals surface area contributed by atoms with Crippen molar-refractivity contribution in [1.29, 1.82) is 0 Å². The summed E-state index contributed by atoms with van der Waals surface area (Å²) >= 11 is 1.60. The normalized spacial score (nSPS) is 37.1. The number of aliphatic hydroxyl groups excluding tert-OH is 1. The maximum atomic E-state index is 15.3. The van der Waals surface area contributed by atoms with Crippen LogP contribution in [0.25, 0.3) is 10.9 Å². The van der Waals surface area contributed by atoms with Gasteiger partial charge in [-0.1, -0.05) is 44.2 Å². The summed E-state index contributed by atoms with van der Waals surface area (Å²) in [6, 6.07) is 11.2. The van der Waals surface area contributed by atoms with E-state index in [9.17, 15) is 20.1 Å².